The molecule has 0 aliphatic carbocycles. The molecule has 0 saturated heterocycles. The average molecular weight is 378 g/mol. The highest BCUT2D eigenvalue weighted by atomic mass is 16.5. The molecule has 4 aromatic rings. The van der Waals surface area contributed by atoms with Crippen molar-refractivity contribution in [2.75, 3.05) is 14.2 Å². The van der Waals surface area contributed by atoms with E-state index >= 15 is 0 Å². The van der Waals surface area contributed by atoms with Crippen LogP contribution in [-0.4, -0.2) is 38.4 Å². The summed E-state index contributed by atoms with van der Waals surface area (Å²) in [6.45, 7) is 0. The first-order chi connectivity index (χ1) is 13.5. The minimum absolute atomic E-state index is 0.0538. The second-order valence-corrected chi connectivity index (χ2v) is 6.22. The molecule has 4 aromatic heterocycles. The number of pyridine rings is 3. The van der Waals surface area contributed by atoms with Crippen molar-refractivity contribution in [3.05, 3.63) is 59.3 Å². The van der Waals surface area contributed by atoms with Gasteiger partial charge in [0.25, 0.3) is 5.88 Å². The monoisotopic (exact) mass is 378 g/mol. The summed E-state index contributed by atoms with van der Waals surface area (Å²) in [6.07, 6.45) is 5.03. The highest BCUT2D eigenvalue weighted by molar-refractivity contribution is 5.87. The summed E-state index contributed by atoms with van der Waals surface area (Å²) in [5, 5.41) is 11.2. The van der Waals surface area contributed by atoms with Gasteiger partial charge in [0.15, 0.2) is 5.75 Å². The number of aromatic nitrogens is 4. The first-order valence-corrected chi connectivity index (χ1v) is 8.48. The predicted octanol–water partition coefficient (Wildman–Crippen LogP) is 2.51. The molecule has 4 rings (SSSR count). The van der Waals surface area contributed by atoms with Gasteiger partial charge >= 0.3 is 0 Å². The van der Waals surface area contributed by atoms with E-state index in [1.54, 1.807) is 61.6 Å². The van der Waals surface area contributed by atoms with E-state index in [4.69, 9.17) is 9.47 Å². The van der Waals surface area contributed by atoms with Crippen LogP contribution in [0.25, 0.3) is 27.8 Å². The number of aromatic hydroxyl groups is 1. The third-order valence-corrected chi connectivity index (χ3v) is 4.52. The van der Waals surface area contributed by atoms with Crippen molar-refractivity contribution in [1.29, 1.82) is 0 Å². The van der Waals surface area contributed by atoms with Gasteiger partial charge in [0.1, 0.15) is 0 Å². The quantitative estimate of drug-likeness (QED) is 0.587. The second-order valence-electron chi connectivity index (χ2n) is 6.22. The number of hydrogen-bond donors (Lipinski definition) is 1. The molecule has 28 heavy (non-hydrogen) atoms. The lowest BCUT2D eigenvalue weighted by Crippen LogP contribution is -2.15. The van der Waals surface area contributed by atoms with E-state index in [9.17, 15) is 9.90 Å². The van der Waals surface area contributed by atoms with Crippen molar-refractivity contribution >= 4 is 10.9 Å². The van der Waals surface area contributed by atoms with Crippen LogP contribution in [0, 0.1) is 0 Å². The van der Waals surface area contributed by atoms with E-state index in [2.05, 4.69) is 9.97 Å². The van der Waals surface area contributed by atoms with Crippen molar-refractivity contribution < 1.29 is 14.6 Å². The van der Waals surface area contributed by atoms with Crippen LogP contribution in [0.5, 0.6) is 17.5 Å². The molecule has 1 N–H and O–H groups in total. The zero-order chi connectivity index (χ0) is 19.8. The number of ether oxygens (including phenoxy) is 2. The third kappa shape index (κ3) is 2.84. The molecule has 0 saturated carbocycles. The fraction of sp³-hybridized carbons (Fsp3) is 0.150. The number of methoxy groups -OCH3 is 2. The van der Waals surface area contributed by atoms with E-state index in [0.717, 1.165) is 5.56 Å². The van der Waals surface area contributed by atoms with Gasteiger partial charge in [-0.2, -0.15) is 0 Å². The molecule has 0 fully saturated rings. The van der Waals surface area contributed by atoms with Gasteiger partial charge in [-0.25, -0.2) is 9.97 Å². The summed E-state index contributed by atoms with van der Waals surface area (Å²) >= 11 is 0. The molecule has 0 radical (unpaired) electrons. The van der Waals surface area contributed by atoms with E-state index in [1.165, 1.54) is 17.7 Å². The molecule has 0 bridgehead atoms. The van der Waals surface area contributed by atoms with Crippen LogP contribution in [0.2, 0.25) is 0 Å². The topological polar surface area (TPSA) is 91.4 Å². The van der Waals surface area contributed by atoms with Crippen molar-refractivity contribution in [2.45, 2.75) is 0 Å². The van der Waals surface area contributed by atoms with Crippen LogP contribution in [0.3, 0.4) is 0 Å². The normalized spacial score (nSPS) is 11.0. The molecule has 0 spiro atoms. The summed E-state index contributed by atoms with van der Waals surface area (Å²) in [7, 11) is 4.73. The fourth-order valence-electron chi connectivity index (χ4n) is 3.03. The Morgan fingerprint density at radius 2 is 1.89 bits per heavy atom. The predicted molar refractivity (Wildman–Crippen MR) is 104 cm³/mol. The zero-order valence-corrected chi connectivity index (χ0v) is 15.6. The molecule has 0 unspecified atom stereocenters. The van der Waals surface area contributed by atoms with Gasteiger partial charge in [-0.1, -0.05) is 0 Å². The molecule has 0 aliphatic rings. The van der Waals surface area contributed by atoms with Gasteiger partial charge < -0.3 is 19.1 Å². The highest BCUT2D eigenvalue weighted by Crippen LogP contribution is 2.33. The van der Waals surface area contributed by atoms with E-state index in [-0.39, 0.29) is 11.4 Å². The Morgan fingerprint density at radius 3 is 2.61 bits per heavy atom. The third-order valence-electron chi connectivity index (χ3n) is 4.52. The Bertz CT molecular complexity index is 1240. The summed E-state index contributed by atoms with van der Waals surface area (Å²) in [5.41, 5.74) is 2.58. The molecule has 142 valence electrons. The number of nitrogens with zero attached hydrogens (tertiary/aromatic N) is 4. The Morgan fingerprint density at radius 1 is 1.07 bits per heavy atom. The summed E-state index contributed by atoms with van der Waals surface area (Å²) < 4.78 is 13.5. The van der Waals surface area contributed by atoms with Crippen molar-refractivity contribution in [3.8, 4) is 34.5 Å². The summed E-state index contributed by atoms with van der Waals surface area (Å²) in [5.74, 6) is 0.955. The lowest BCUT2D eigenvalue weighted by atomic mass is 10.1. The van der Waals surface area contributed by atoms with Gasteiger partial charge in [-0.15, -0.1) is 0 Å². The van der Waals surface area contributed by atoms with Gasteiger partial charge in [0.2, 0.25) is 11.4 Å². The van der Waals surface area contributed by atoms with E-state index in [1.807, 2.05) is 0 Å². The van der Waals surface area contributed by atoms with Gasteiger partial charge in [-0.05, 0) is 24.3 Å². The molecule has 0 aromatic carbocycles. The van der Waals surface area contributed by atoms with Gasteiger partial charge in [0.05, 0.1) is 36.5 Å². The highest BCUT2D eigenvalue weighted by Gasteiger charge is 2.14. The first kappa shape index (κ1) is 17.6. The van der Waals surface area contributed by atoms with E-state index < -0.39 is 0 Å². The van der Waals surface area contributed by atoms with Crippen LogP contribution in [0.1, 0.15) is 0 Å². The fourth-order valence-corrected chi connectivity index (χ4v) is 3.03. The van der Waals surface area contributed by atoms with Crippen molar-refractivity contribution in [2.24, 2.45) is 7.05 Å². The largest absolute Gasteiger partial charge is 0.494 e. The molecule has 8 heteroatoms. The van der Waals surface area contributed by atoms with Crippen LogP contribution in [-0.2, 0) is 7.05 Å². The Hall–Kier alpha value is -3.81. The van der Waals surface area contributed by atoms with Crippen molar-refractivity contribution in [3.63, 3.8) is 0 Å². The molecule has 4 heterocycles. The molecule has 0 amide bonds. The maximum Gasteiger partial charge on any atom is 0.256 e. The number of rotatable bonds is 4. The van der Waals surface area contributed by atoms with E-state index in [0.29, 0.717) is 33.9 Å². The van der Waals surface area contributed by atoms with Crippen LogP contribution in [0.15, 0.2) is 53.7 Å². The SMILES string of the molecule is COc1cc(-c2ccc3c(O)n(-c4ccc(=O)n(C)c4)cc3n2)cnc1OC. The van der Waals surface area contributed by atoms with Crippen molar-refractivity contribution in [1.82, 2.24) is 19.1 Å². The maximum atomic E-state index is 11.6. The standard InChI is InChI=1S/C20H18N4O4/c1-23-10-13(4-7-18(23)25)24-11-16-14(20(24)26)5-6-15(22-16)12-8-17(27-2)19(28-3)21-9-12/h4-11,26H,1-3H3. The minimum Gasteiger partial charge on any atom is -0.494 e. The molecule has 8 nitrogen and oxygen atoms in total. The minimum atomic E-state index is -0.124. The lowest BCUT2D eigenvalue weighted by Gasteiger charge is -2.08. The number of hydrogen-bond acceptors (Lipinski definition) is 6. The molecule has 0 aliphatic heterocycles. The Kier molecular flexibility index (Phi) is 4.23. The second kappa shape index (κ2) is 6.73. The Labute approximate surface area is 160 Å². The average Bonchev–Trinajstić information content (AvgIpc) is 3.05. The number of aryl methyl sites for hydroxylation is 1. The molecular weight excluding hydrogens is 360 g/mol. The Balaban J connectivity index is 1.82. The van der Waals surface area contributed by atoms with Gasteiger partial charge in [-0.3, -0.25) is 9.36 Å². The smallest absolute Gasteiger partial charge is 0.256 e. The van der Waals surface area contributed by atoms with Crippen LogP contribution >= 0.6 is 0 Å². The van der Waals surface area contributed by atoms with Gasteiger partial charge in [0, 0.05) is 37.3 Å². The first-order valence-electron chi connectivity index (χ1n) is 8.48. The summed E-state index contributed by atoms with van der Waals surface area (Å²) in [4.78, 5) is 20.5. The van der Waals surface area contributed by atoms with Crippen LogP contribution < -0.4 is 15.0 Å². The lowest BCUT2D eigenvalue weighted by molar-refractivity contribution is 0.343. The number of fused-ring (bicyclic) bond motifs is 1. The van der Waals surface area contributed by atoms with Crippen LogP contribution in [0.4, 0.5) is 0 Å². The molecular formula is C20H18N4O4. The summed E-state index contributed by atoms with van der Waals surface area (Å²) in [6, 6.07) is 8.50. The maximum absolute atomic E-state index is 11.6. The molecule has 0 atom stereocenters. The zero-order valence-electron chi connectivity index (χ0n) is 15.6.